The lowest BCUT2D eigenvalue weighted by molar-refractivity contribution is 0.289. The number of pyridine rings is 1. The second kappa shape index (κ2) is 13.0. The normalized spacial score (nSPS) is 15.5. The van der Waals surface area contributed by atoms with Crippen molar-refractivity contribution < 1.29 is 9.16 Å². The molecule has 36 heavy (non-hydrogen) atoms. The van der Waals surface area contributed by atoms with Gasteiger partial charge in [-0.05, 0) is 73.5 Å². The molecule has 0 unspecified atom stereocenters. The summed E-state index contributed by atoms with van der Waals surface area (Å²) in [5.41, 5.74) is 4.36. The molecule has 1 aromatic carbocycles. The van der Waals surface area contributed by atoms with Gasteiger partial charge in [-0.1, -0.05) is 70.3 Å². The molecule has 6 heteroatoms. The molecule has 1 aromatic heterocycles. The zero-order chi connectivity index (χ0) is 26.3. The summed E-state index contributed by atoms with van der Waals surface area (Å²) >= 11 is 8.63. The first-order valence-corrected chi connectivity index (χ1v) is 17.7. The van der Waals surface area contributed by atoms with E-state index in [0.29, 0.717) is 11.8 Å². The fraction of sp³-hybridized carbons (Fsp3) is 0.567. The Morgan fingerprint density at radius 1 is 1.17 bits per heavy atom. The molecule has 3 nitrogen and oxygen atoms in total. The quantitative estimate of drug-likeness (QED) is 0.160. The number of hydrogen-bond donors (Lipinski definition) is 0. The minimum absolute atomic E-state index is 0.249. The van der Waals surface area contributed by atoms with Crippen LogP contribution in [-0.2, 0) is 10.8 Å². The van der Waals surface area contributed by atoms with E-state index < -0.39 is 8.32 Å². The molecule has 0 N–H and O–H groups in total. The Labute approximate surface area is 229 Å². The van der Waals surface area contributed by atoms with Gasteiger partial charge in [0.1, 0.15) is 0 Å². The van der Waals surface area contributed by atoms with Crippen LogP contribution in [0, 0.1) is 5.92 Å². The fourth-order valence-corrected chi connectivity index (χ4v) is 6.60. The lowest BCUT2D eigenvalue weighted by Crippen LogP contribution is -2.41. The van der Waals surface area contributed by atoms with Crippen LogP contribution < -0.4 is 4.74 Å². The highest BCUT2D eigenvalue weighted by molar-refractivity contribution is 7.99. The van der Waals surface area contributed by atoms with Gasteiger partial charge in [0.15, 0.2) is 8.32 Å². The SMILES string of the molecule is CCc1ccc(/C(=C/C2CCCC2)c2ccc(SCCCO[Si](C)(C)C(C)(C)C)c(Cl)c2)nc1OC. The van der Waals surface area contributed by atoms with E-state index in [1.165, 1.54) is 25.7 Å². The number of aromatic nitrogens is 1. The average molecular weight is 546 g/mol. The number of nitrogens with zero attached hydrogens (tertiary/aromatic N) is 1. The highest BCUT2D eigenvalue weighted by atomic mass is 35.5. The van der Waals surface area contributed by atoms with Gasteiger partial charge in [0, 0.05) is 28.4 Å². The number of thioether (sulfide) groups is 1. The van der Waals surface area contributed by atoms with Crippen molar-refractivity contribution >= 4 is 37.3 Å². The molecule has 0 spiro atoms. The molecule has 2 aromatic rings. The third-order valence-electron chi connectivity index (χ3n) is 7.65. The van der Waals surface area contributed by atoms with Crippen LogP contribution in [0.15, 0.2) is 41.3 Å². The molecule has 1 heterocycles. The van der Waals surface area contributed by atoms with E-state index >= 15 is 0 Å². The van der Waals surface area contributed by atoms with Crippen LogP contribution in [0.4, 0.5) is 0 Å². The minimum Gasteiger partial charge on any atom is -0.481 e. The van der Waals surface area contributed by atoms with Gasteiger partial charge in [-0.2, -0.15) is 0 Å². The fourth-order valence-electron chi connectivity index (χ4n) is 4.32. The highest BCUT2D eigenvalue weighted by Crippen LogP contribution is 2.38. The Kier molecular flexibility index (Phi) is 10.6. The van der Waals surface area contributed by atoms with E-state index in [4.69, 9.17) is 25.7 Å². The maximum Gasteiger partial charge on any atom is 0.216 e. The van der Waals surface area contributed by atoms with E-state index in [0.717, 1.165) is 57.5 Å². The van der Waals surface area contributed by atoms with Crippen LogP contribution >= 0.6 is 23.4 Å². The Bertz CT molecular complexity index is 1040. The molecule has 0 atom stereocenters. The van der Waals surface area contributed by atoms with Crippen molar-refractivity contribution in [2.45, 2.75) is 89.2 Å². The molecule has 1 saturated carbocycles. The molecule has 0 aliphatic heterocycles. The van der Waals surface area contributed by atoms with Gasteiger partial charge in [-0.3, -0.25) is 0 Å². The van der Waals surface area contributed by atoms with Gasteiger partial charge < -0.3 is 9.16 Å². The summed E-state index contributed by atoms with van der Waals surface area (Å²) in [7, 11) is 0.0176. The van der Waals surface area contributed by atoms with Crippen LogP contribution in [0.5, 0.6) is 5.88 Å². The van der Waals surface area contributed by atoms with Crippen LogP contribution in [0.2, 0.25) is 23.2 Å². The van der Waals surface area contributed by atoms with Crippen molar-refractivity contribution in [1.29, 1.82) is 0 Å². The number of methoxy groups -OCH3 is 1. The van der Waals surface area contributed by atoms with Gasteiger partial charge in [0.25, 0.3) is 0 Å². The smallest absolute Gasteiger partial charge is 0.216 e. The molecule has 3 rings (SSSR count). The summed E-state index contributed by atoms with van der Waals surface area (Å²) in [5.74, 6) is 2.30. The zero-order valence-corrected chi connectivity index (χ0v) is 25.8. The number of ether oxygens (including phenoxy) is 1. The summed E-state index contributed by atoms with van der Waals surface area (Å²) in [6, 6.07) is 10.7. The lowest BCUT2D eigenvalue weighted by atomic mass is 9.95. The predicted molar refractivity (Wildman–Crippen MR) is 159 cm³/mol. The van der Waals surface area contributed by atoms with Crippen LogP contribution in [0.3, 0.4) is 0 Å². The summed E-state index contributed by atoms with van der Waals surface area (Å²) in [4.78, 5) is 6.02. The van der Waals surface area contributed by atoms with Gasteiger partial charge in [0.2, 0.25) is 5.88 Å². The number of allylic oxidation sites excluding steroid dienone is 1. The van der Waals surface area contributed by atoms with Crippen LogP contribution in [-0.4, -0.2) is 32.8 Å². The molecule has 0 saturated heterocycles. The highest BCUT2D eigenvalue weighted by Gasteiger charge is 2.36. The number of rotatable bonds is 11. The van der Waals surface area contributed by atoms with Gasteiger partial charge in [-0.25, -0.2) is 4.98 Å². The molecule has 0 amide bonds. The maximum absolute atomic E-state index is 6.81. The number of hydrogen-bond acceptors (Lipinski definition) is 4. The monoisotopic (exact) mass is 545 g/mol. The first-order valence-electron chi connectivity index (χ1n) is 13.4. The van der Waals surface area contributed by atoms with Gasteiger partial charge in [-0.15, -0.1) is 11.8 Å². The van der Waals surface area contributed by atoms with Gasteiger partial charge >= 0.3 is 0 Å². The summed E-state index contributed by atoms with van der Waals surface area (Å²) in [6.45, 7) is 14.4. The van der Waals surface area contributed by atoms with Crippen molar-refractivity contribution in [3.05, 3.63) is 58.3 Å². The first-order chi connectivity index (χ1) is 17.1. The third-order valence-corrected chi connectivity index (χ3v) is 13.8. The second-order valence-electron chi connectivity index (χ2n) is 11.3. The summed E-state index contributed by atoms with van der Waals surface area (Å²) in [6.07, 6.45) is 9.42. The Hall–Kier alpha value is -1.27. The lowest BCUT2D eigenvalue weighted by Gasteiger charge is -2.36. The van der Waals surface area contributed by atoms with E-state index in [-0.39, 0.29) is 5.04 Å². The Morgan fingerprint density at radius 2 is 1.89 bits per heavy atom. The zero-order valence-electron chi connectivity index (χ0n) is 23.2. The van der Waals surface area contributed by atoms with E-state index in [2.05, 4.69) is 77.2 Å². The molecule has 0 bridgehead atoms. The van der Waals surface area contributed by atoms with Gasteiger partial charge in [0.05, 0.1) is 17.8 Å². The van der Waals surface area contributed by atoms with Crippen molar-refractivity contribution in [3.8, 4) is 5.88 Å². The molecule has 198 valence electrons. The topological polar surface area (TPSA) is 31.4 Å². The van der Waals surface area contributed by atoms with E-state index in [1.54, 1.807) is 7.11 Å². The van der Waals surface area contributed by atoms with E-state index in [9.17, 15) is 0 Å². The number of halogens is 1. The average Bonchev–Trinajstić information content (AvgIpc) is 3.35. The largest absolute Gasteiger partial charge is 0.481 e. The first kappa shape index (κ1) is 29.3. The summed E-state index contributed by atoms with van der Waals surface area (Å²) < 4.78 is 11.9. The van der Waals surface area contributed by atoms with Crippen LogP contribution in [0.25, 0.3) is 5.57 Å². The Balaban J connectivity index is 1.74. The molecule has 1 aliphatic carbocycles. The predicted octanol–water partition coefficient (Wildman–Crippen LogP) is 9.43. The standard InChI is InChI=1S/C30H44ClNO2SSi/c1-8-23-14-16-27(32-29(23)33-5)25(20-22-12-9-10-13-22)24-15-17-28(26(31)21-24)35-19-11-18-34-36(6,7)30(2,3)4/h14-17,20-22H,8-13,18-19H2,1-7H3/b25-20+. The molecule has 1 fully saturated rings. The van der Waals surface area contributed by atoms with Crippen molar-refractivity contribution in [3.63, 3.8) is 0 Å². The van der Waals surface area contributed by atoms with Crippen molar-refractivity contribution in [2.75, 3.05) is 19.5 Å². The molecular weight excluding hydrogens is 502 g/mol. The maximum atomic E-state index is 6.81. The number of aryl methyl sites for hydroxylation is 1. The Morgan fingerprint density at radius 3 is 2.50 bits per heavy atom. The van der Waals surface area contributed by atoms with Crippen molar-refractivity contribution in [2.24, 2.45) is 5.92 Å². The molecule has 0 radical (unpaired) electrons. The summed E-state index contributed by atoms with van der Waals surface area (Å²) in [5, 5.41) is 1.05. The molecular formula is C30H44ClNO2SSi. The minimum atomic E-state index is -1.68. The van der Waals surface area contributed by atoms with Crippen molar-refractivity contribution in [1.82, 2.24) is 4.98 Å². The number of benzene rings is 1. The second-order valence-corrected chi connectivity index (χ2v) is 17.7. The van der Waals surface area contributed by atoms with Crippen LogP contribution in [0.1, 0.15) is 76.6 Å². The third kappa shape index (κ3) is 7.63. The van der Waals surface area contributed by atoms with E-state index in [1.807, 2.05) is 11.8 Å². The molecule has 1 aliphatic rings.